The van der Waals surface area contributed by atoms with E-state index in [1.807, 2.05) is 50.5 Å². The van der Waals surface area contributed by atoms with Crippen LogP contribution in [0.25, 0.3) is 11.0 Å². The maximum Gasteiger partial charge on any atom is 0.127 e. The minimum absolute atomic E-state index is 0.479. The van der Waals surface area contributed by atoms with Crippen molar-refractivity contribution in [2.45, 2.75) is 6.67 Å². The Kier molecular flexibility index (Phi) is 4.00. The minimum Gasteiger partial charge on any atom is -0.378 e. The summed E-state index contributed by atoms with van der Waals surface area (Å²) in [6, 6.07) is 16.0. The molecule has 0 aliphatic heterocycles. The second kappa shape index (κ2) is 6.26. The first-order chi connectivity index (χ1) is 10.7. The van der Waals surface area contributed by atoms with Crippen LogP contribution in [0.5, 0.6) is 0 Å². The lowest BCUT2D eigenvalue weighted by Crippen LogP contribution is -2.14. The van der Waals surface area contributed by atoms with Gasteiger partial charge in [-0.05, 0) is 29.8 Å². The maximum absolute atomic E-state index is 4.22. The van der Waals surface area contributed by atoms with Crippen molar-refractivity contribution in [1.29, 1.82) is 0 Å². The molecule has 22 heavy (non-hydrogen) atoms. The van der Waals surface area contributed by atoms with Gasteiger partial charge in [-0.1, -0.05) is 29.5 Å². The lowest BCUT2D eigenvalue weighted by molar-refractivity contribution is 0.528. The fourth-order valence-electron chi connectivity index (χ4n) is 2.12. The van der Waals surface area contributed by atoms with Crippen molar-refractivity contribution in [3.05, 3.63) is 54.1 Å². The van der Waals surface area contributed by atoms with Crippen LogP contribution in [0.15, 0.2) is 53.6 Å². The molecule has 1 heterocycles. The fourth-order valence-corrected chi connectivity index (χ4v) is 2.12. The molecule has 0 unspecified atom stereocenters. The molecule has 1 aromatic heterocycles. The van der Waals surface area contributed by atoms with Crippen LogP contribution in [-0.4, -0.2) is 35.3 Å². The van der Waals surface area contributed by atoms with Crippen LogP contribution >= 0.6 is 0 Å². The van der Waals surface area contributed by atoms with Crippen LogP contribution in [0.2, 0.25) is 0 Å². The highest BCUT2D eigenvalue weighted by molar-refractivity contribution is 5.80. The van der Waals surface area contributed by atoms with Gasteiger partial charge in [0.25, 0.3) is 0 Å². The van der Waals surface area contributed by atoms with Crippen LogP contribution in [0, 0.1) is 0 Å². The summed E-state index contributed by atoms with van der Waals surface area (Å²) in [5.41, 5.74) is 7.06. The van der Waals surface area contributed by atoms with E-state index in [-0.39, 0.29) is 0 Å². The van der Waals surface area contributed by atoms with Crippen molar-refractivity contribution in [2.75, 3.05) is 19.0 Å². The molecule has 0 saturated carbocycles. The van der Waals surface area contributed by atoms with Crippen LogP contribution in [0.1, 0.15) is 5.56 Å². The van der Waals surface area contributed by atoms with E-state index in [0.29, 0.717) is 6.67 Å². The van der Waals surface area contributed by atoms with Gasteiger partial charge in [0.05, 0.1) is 11.7 Å². The summed E-state index contributed by atoms with van der Waals surface area (Å²) < 4.78 is 1.78. The second-order valence-corrected chi connectivity index (χ2v) is 5.14. The molecule has 0 fully saturated rings. The Morgan fingerprint density at radius 3 is 2.68 bits per heavy atom. The van der Waals surface area contributed by atoms with E-state index in [2.05, 4.69) is 37.9 Å². The molecule has 6 nitrogen and oxygen atoms in total. The lowest BCUT2D eigenvalue weighted by atomic mass is 10.2. The predicted molar refractivity (Wildman–Crippen MR) is 89.0 cm³/mol. The Balaban J connectivity index is 1.60. The molecule has 0 radical (unpaired) electrons. The van der Waals surface area contributed by atoms with E-state index in [1.165, 1.54) is 5.69 Å². The number of hydrogen-bond acceptors (Lipinski definition) is 5. The molecule has 0 saturated heterocycles. The Labute approximate surface area is 129 Å². The van der Waals surface area contributed by atoms with E-state index in [4.69, 9.17) is 0 Å². The summed E-state index contributed by atoms with van der Waals surface area (Å²) in [6.07, 6.45) is 1.79. The number of anilines is 1. The first kappa shape index (κ1) is 14.1. The standard InChI is InChI=1S/C16H18N6/c1-21(2)14-9-7-13(8-10-14)11-17-18-12-22-16-6-4-3-5-15(16)19-20-22/h3-11,18H,12H2,1-2H3/b17-11+. The predicted octanol–water partition coefficient (Wildman–Crippen LogP) is 2.08. The largest absolute Gasteiger partial charge is 0.378 e. The molecular weight excluding hydrogens is 276 g/mol. The van der Waals surface area contributed by atoms with Crippen molar-refractivity contribution in [3.63, 3.8) is 0 Å². The van der Waals surface area contributed by atoms with Crippen molar-refractivity contribution in [2.24, 2.45) is 5.10 Å². The quantitative estimate of drug-likeness (QED) is 0.578. The normalized spacial score (nSPS) is 11.2. The first-order valence-corrected chi connectivity index (χ1v) is 7.05. The zero-order chi connectivity index (χ0) is 15.4. The molecule has 0 bridgehead atoms. The molecule has 0 amide bonds. The van der Waals surface area contributed by atoms with Crippen molar-refractivity contribution in [1.82, 2.24) is 20.4 Å². The second-order valence-electron chi connectivity index (χ2n) is 5.14. The highest BCUT2D eigenvalue weighted by Gasteiger charge is 2.01. The smallest absolute Gasteiger partial charge is 0.127 e. The lowest BCUT2D eigenvalue weighted by Gasteiger charge is -2.11. The molecule has 2 aromatic carbocycles. The number of hydrazone groups is 1. The Morgan fingerprint density at radius 2 is 1.91 bits per heavy atom. The average Bonchev–Trinajstić information content (AvgIpc) is 2.95. The monoisotopic (exact) mass is 294 g/mol. The summed E-state index contributed by atoms with van der Waals surface area (Å²) in [7, 11) is 4.04. The number of benzene rings is 2. The highest BCUT2D eigenvalue weighted by atomic mass is 15.5. The highest BCUT2D eigenvalue weighted by Crippen LogP contribution is 2.11. The molecule has 3 aromatic rings. The maximum atomic E-state index is 4.22. The number of nitrogens with one attached hydrogen (secondary N) is 1. The zero-order valence-electron chi connectivity index (χ0n) is 12.6. The molecule has 0 aliphatic rings. The van der Waals surface area contributed by atoms with Crippen molar-refractivity contribution < 1.29 is 0 Å². The van der Waals surface area contributed by atoms with E-state index >= 15 is 0 Å². The van der Waals surface area contributed by atoms with Gasteiger partial charge in [-0.25, -0.2) is 4.68 Å². The third kappa shape index (κ3) is 3.06. The van der Waals surface area contributed by atoms with E-state index in [0.717, 1.165) is 16.6 Å². The van der Waals surface area contributed by atoms with E-state index < -0.39 is 0 Å². The van der Waals surface area contributed by atoms with Gasteiger partial charge < -0.3 is 4.90 Å². The molecule has 1 N–H and O–H groups in total. The van der Waals surface area contributed by atoms with Crippen LogP contribution < -0.4 is 10.3 Å². The summed E-state index contributed by atoms with van der Waals surface area (Å²) in [5.74, 6) is 0. The summed E-state index contributed by atoms with van der Waals surface area (Å²) >= 11 is 0. The number of rotatable bonds is 5. The van der Waals surface area contributed by atoms with Gasteiger partial charge in [-0.2, -0.15) is 5.10 Å². The Bertz CT molecular complexity index is 773. The number of aromatic nitrogens is 3. The van der Waals surface area contributed by atoms with Gasteiger partial charge in [0.1, 0.15) is 12.2 Å². The minimum atomic E-state index is 0.479. The van der Waals surface area contributed by atoms with Crippen molar-refractivity contribution >= 4 is 22.9 Å². The molecule has 3 rings (SSSR count). The SMILES string of the molecule is CN(C)c1ccc(/C=N/NCn2nnc3ccccc32)cc1. The number of nitrogens with zero attached hydrogens (tertiary/aromatic N) is 5. The summed E-state index contributed by atoms with van der Waals surface area (Å²) in [6.45, 7) is 0.479. The third-order valence-corrected chi connectivity index (χ3v) is 3.36. The molecule has 0 aliphatic carbocycles. The van der Waals surface area contributed by atoms with Gasteiger partial charge >= 0.3 is 0 Å². The van der Waals surface area contributed by atoms with E-state index in [9.17, 15) is 0 Å². The number of hydrogen-bond donors (Lipinski definition) is 1. The topological polar surface area (TPSA) is 58.3 Å². The zero-order valence-corrected chi connectivity index (χ0v) is 12.6. The van der Waals surface area contributed by atoms with Crippen LogP contribution in [0.4, 0.5) is 5.69 Å². The Morgan fingerprint density at radius 1 is 1.14 bits per heavy atom. The van der Waals surface area contributed by atoms with Gasteiger partial charge in [0.15, 0.2) is 0 Å². The van der Waals surface area contributed by atoms with Gasteiger partial charge in [0, 0.05) is 19.8 Å². The van der Waals surface area contributed by atoms with Gasteiger partial charge in [-0.15, -0.1) is 5.10 Å². The van der Waals surface area contributed by atoms with Crippen LogP contribution in [0.3, 0.4) is 0 Å². The Hall–Kier alpha value is -2.89. The molecule has 112 valence electrons. The number of para-hydroxylation sites is 1. The molecule has 0 atom stereocenters. The average molecular weight is 294 g/mol. The molecule has 0 spiro atoms. The molecular formula is C16H18N6. The number of fused-ring (bicyclic) bond motifs is 1. The third-order valence-electron chi connectivity index (χ3n) is 3.36. The van der Waals surface area contributed by atoms with Gasteiger partial charge in [0.2, 0.25) is 0 Å². The van der Waals surface area contributed by atoms with Crippen LogP contribution in [-0.2, 0) is 6.67 Å². The van der Waals surface area contributed by atoms with E-state index in [1.54, 1.807) is 10.9 Å². The van der Waals surface area contributed by atoms with Crippen molar-refractivity contribution in [3.8, 4) is 0 Å². The first-order valence-electron chi connectivity index (χ1n) is 7.05. The molecule has 6 heteroatoms. The summed E-state index contributed by atoms with van der Waals surface area (Å²) in [5, 5.41) is 12.4. The van der Waals surface area contributed by atoms with Gasteiger partial charge in [-0.3, -0.25) is 5.43 Å². The fraction of sp³-hybridized carbons (Fsp3) is 0.188. The summed E-state index contributed by atoms with van der Waals surface area (Å²) in [4.78, 5) is 2.06.